The van der Waals surface area contributed by atoms with E-state index in [2.05, 4.69) is 5.32 Å². The van der Waals surface area contributed by atoms with Gasteiger partial charge in [0, 0.05) is 30.7 Å². The average Bonchev–Trinajstić information content (AvgIpc) is 2.47. The van der Waals surface area contributed by atoms with E-state index in [1.54, 1.807) is 0 Å². The summed E-state index contributed by atoms with van der Waals surface area (Å²) >= 11 is 5.75. The molecule has 134 valence electrons. The van der Waals surface area contributed by atoms with Gasteiger partial charge >= 0.3 is 0 Å². The molecule has 0 aliphatic carbocycles. The van der Waals surface area contributed by atoms with Crippen molar-refractivity contribution in [2.75, 3.05) is 30.7 Å². The van der Waals surface area contributed by atoms with Crippen molar-refractivity contribution in [3.8, 4) is 0 Å². The van der Waals surface area contributed by atoms with Crippen LogP contribution in [0.1, 0.15) is 13.8 Å². The summed E-state index contributed by atoms with van der Waals surface area (Å²) in [4.78, 5) is 10.5. The van der Waals surface area contributed by atoms with Crippen molar-refractivity contribution in [2.45, 2.75) is 26.1 Å². The van der Waals surface area contributed by atoms with Gasteiger partial charge in [-0.1, -0.05) is 11.6 Å². The average molecular weight is 378 g/mol. The number of nitro benzene ring substituents is 1. The highest BCUT2D eigenvalue weighted by Crippen LogP contribution is 2.27. The molecule has 2 atom stereocenters. The van der Waals surface area contributed by atoms with Crippen LogP contribution in [0.2, 0.25) is 5.02 Å². The number of rotatable bonds is 6. The molecule has 0 amide bonds. The minimum Gasteiger partial charge on any atom is -0.378 e. The molecule has 1 aliphatic rings. The van der Waals surface area contributed by atoms with Crippen LogP contribution in [0.5, 0.6) is 0 Å². The molecular formula is C14H20ClN3O5S. The van der Waals surface area contributed by atoms with Crippen LogP contribution < -0.4 is 5.32 Å². The van der Waals surface area contributed by atoms with Gasteiger partial charge in [0.1, 0.15) is 5.69 Å². The van der Waals surface area contributed by atoms with Crippen molar-refractivity contribution in [3.63, 3.8) is 0 Å². The molecule has 1 aromatic carbocycles. The first kappa shape index (κ1) is 18.9. The third-order valence-corrected chi connectivity index (χ3v) is 5.65. The Morgan fingerprint density at radius 3 is 2.58 bits per heavy atom. The zero-order valence-electron chi connectivity index (χ0n) is 13.4. The standard InChI is InChI=1S/C14H20ClN3O5S/c1-10-8-17(9-11(2)23-10)24(21,22)6-5-16-13-4-3-12(15)7-14(13)18(19)20/h3-4,7,10-11,16H,5-6,8-9H2,1-2H3/t10-,11+. The van der Waals surface area contributed by atoms with Gasteiger partial charge in [-0.05, 0) is 26.0 Å². The summed E-state index contributed by atoms with van der Waals surface area (Å²) in [7, 11) is -3.47. The monoisotopic (exact) mass is 377 g/mol. The van der Waals surface area contributed by atoms with Crippen LogP contribution in [0.4, 0.5) is 11.4 Å². The van der Waals surface area contributed by atoms with Gasteiger partial charge < -0.3 is 10.1 Å². The fourth-order valence-electron chi connectivity index (χ4n) is 2.61. The molecule has 0 unspecified atom stereocenters. The van der Waals surface area contributed by atoms with Gasteiger partial charge in [-0.25, -0.2) is 8.42 Å². The second-order valence-corrected chi connectivity index (χ2v) is 8.26. The zero-order valence-corrected chi connectivity index (χ0v) is 15.0. The first-order valence-electron chi connectivity index (χ1n) is 7.50. The largest absolute Gasteiger partial charge is 0.378 e. The number of hydrogen-bond acceptors (Lipinski definition) is 6. The normalized spacial score (nSPS) is 22.3. The van der Waals surface area contributed by atoms with Crippen molar-refractivity contribution in [3.05, 3.63) is 33.3 Å². The number of ether oxygens (including phenoxy) is 1. The van der Waals surface area contributed by atoms with Crippen LogP contribution in [0.25, 0.3) is 0 Å². The lowest BCUT2D eigenvalue weighted by atomic mass is 10.2. The fraction of sp³-hybridized carbons (Fsp3) is 0.571. The summed E-state index contributed by atoms with van der Waals surface area (Å²) in [6, 6.07) is 4.20. The number of nitrogens with one attached hydrogen (secondary N) is 1. The van der Waals surface area contributed by atoms with Gasteiger partial charge in [-0.3, -0.25) is 10.1 Å². The van der Waals surface area contributed by atoms with Gasteiger partial charge in [0.05, 0.1) is 22.9 Å². The molecule has 1 heterocycles. The molecular weight excluding hydrogens is 358 g/mol. The van der Waals surface area contributed by atoms with Gasteiger partial charge in [0.25, 0.3) is 5.69 Å². The first-order valence-corrected chi connectivity index (χ1v) is 9.49. The van der Waals surface area contributed by atoms with E-state index in [-0.39, 0.29) is 40.9 Å². The van der Waals surface area contributed by atoms with Crippen molar-refractivity contribution >= 4 is 33.0 Å². The topological polar surface area (TPSA) is 102 Å². The maximum absolute atomic E-state index is 12.4. The number of nitro groups is 1. The SMILES string of the molecule is C[C@@H]1CN(S(=O)(=O)CCNc2ccc(Cl)cc2[N+](=O)[O-])C[C@H](C)O1. The highest BCUT2D eigenvalue weighted by Gasteiger charge is 2.30. The molecule has 24 heavy (non-hydrogen) atoms. The summed E-state index contributed by atoms with van der Waals surface area (Å²) < 4.78 is 31.8. The van der Waals surface area contributed by atoms with Crippen molar-refractivity contribution in [1.29, 1.82) is 0 Å². The Morgan fingerprint density at radius 2 is 2.00 bits per heavy atom. The minimum atomic E-state index is -3.47. The predicted molar refractivity (Wildman–Crippen MR) is 92.0 cm³/mol. The van der Waals surface area contributed by atoms with Crippen LogP contribution in [0.15, 0.2) is 18.2 Å². The molecule has 8 nitrogen and oxygen atoms in total. The molecule has 1 fully saturated rings. The van der Waals surface area contributed by atoms with E-state index in [1.165, 1.54) is 22.5 Å². The van der Waals surface area contributed by atoms with Crippen LogP contribution >= 0.6 is 11.6 Å². The summed E-state index contributed by atoms with van der Waals surface area (Å²) in [6.45, 7) is 4.34. The fourth-order valence-corrected chi connectivity index (χ4v) is 4.27. The molecule has 0 bridgehead atoms. The quantitative estimate of drug-likeness (QED) is 0.601. The Morgan fingerprint density at radius 1 is 1.38 bits per heavy atom. The van der Waals surface area contributed by atoms with Crippen molar-refractivity contribution < 1.29 is 18.1 Å². The van der Waals surface area contributed by atoms with Gasteiger partial charge in [-0.2, -0.15) is 4.31 Å². The lowest BCUT2D eigenvalue weighted by Gasteiger charge is -2.34. The molecule has 1 saturated heterocycles. The minimum absolute atomic E-state index is 0.0604. The molecule has 0 radical (unpaired) electrons. The van der Waals surface area contributed by atoms with Crippen molar-refractivity contribution in [1.82, 2.24) is 4.31 Å². The Hall–Kier alpha value is -1.42. The number of nitrogens with zero attached hydrogens (tertiary/aromatic N) is 2. The van der Waals surface area contributed by atoms with E-state index < -0.39 is 14.9 Å². The Labute approximate surface area is 145 Å². The van der Waals surface area contributed by atoms with Crippen LogP contribution in [-0.4, -0.2) is 55.2 Å². The van der Waals surface area contributed by atoms with Crippen molar-refractivity contribution in [2.24, 2.45) is 0 Å². The molecule has 1 aliphatic heterocycles. The molecule has 0 spiro atoms. The third kappa shape index (κ3) is 4.79. The highest BCUT2D eigenvalue weighted by atomic mass is 35.5. The van der Waals surface area contributed by atoms with Crippen LogP contribution in [-0.2, 0) is 14.8 Å². The van der Waals surface area contributed by atoms with E-state index in [9.17, 15) is 18.5 Å². The third-order valence-electron chi connectivity index (χ3n) is 3.61. The summed E-state index contributed by atoms with van der Waals surface area (Å²) in [5, 5.41) is 14.1. The highest BCUT2D eigenvalue weighted by molar-refractivity contribution is 7.89. The smallest absolute Gasteiger partial charge is 0.293 e. The zero-order chi connectivity index (χ0) is 17.9. The van der Waals surface area contributed by atoms with E-state index >= 15 is 0 Å². The molecule has 1 aromatic rings. The van der Waals surface area contributed by atoms with Gasteiger partial charge in [-0.15, -0.1) is 0 Å². The van der Waals surface area contributed by atoms with E-state index in [0.29, 0.717) is 13.1 Å². The van der Waals surface area contributed by atoms with E-state index in [0.717, 1.165) is 0 Å². The second-order valence-electron chi connectivity index (χ2n) is 5.74. The Bertz CT molecular complexity index is 702. The molecule has 0 aromatic heterocycles. The number of morpholine rings is 1. The second kappa shape index (κ2) is 7.64. The molecule has 0 saturated carbocycles. The van der Waals surface area contributed by atoms with Gasteiger partial charge in [0.2, 0.25) is 10.0 Å². The number of sulfonamides is 1. The Balaban J connectivity index is 2.00. The van der Waals surface area contributed by atoms with E-state index in [1.807, 2.05) is 13.8 Å². The summed E-state index contributed by atoms with van der Waals surface area (Å²) in [6.07, 6.45) is -0.317. The van der Waals surface area contributed by atoms with Crippen LogP contribution in [0.3, 0.4) is 0 Å². The molecule has 1 N–H and O–H groups in total. The summed E-state index contributed by atoms with van der Waals surface area (Å²) in [5.74, 6) is -0.160. The molecule has 10 heteroatoms. The summed E-state index contributed by atoms with van der Waals surface area (Å²) in [5.41, 5.74) is 0.0526. The number of anilines is 1. The maximum Gasteiger partial charge on any atom is 0.293 e. The Kier molecular flexibility index (Phi) is 6.02. The maximum atomic E-state index is 12.4. The number of benzene rings is 1. The van der Waals surface area contributed by atoms with Gasteiger partial charge in [0.15, 0.2) is 0 Å². The van der Waals surface area contributed by atoms with E-state index in [4.69, 9.17) is 16.3 Å². The number of hydrogen-bond donors (Lipinski definition) is 1. The lowest BCUT2D eigenvalue weighted by Crippen LogP contribution is -2.49. The lowest BCUT2D eigenvalue weighted by molar-refractivity contribution is -0.383. The first-order chi connectivity index (χ1) is 11.2. The van der Waals surface area contributed by atoms with Crippen LogP contribution in [0, 0.1) is 10.1 Å². The predicted octanol–water partition coefficient (Wildman–Crippen LogP) is 2.10. The molecule has 2 rings (SSSR count). The number of halogens is 1.